The van der Waals surface area contributed by atoms with E-state index in [0.717, 1.165) is 27.8 Å². The summed E-state index contributed by atoms with van der Waals surface area (Å²) in [4.78, 5) is 4.45. The number of halogens is 1. The fraction of sp³-hybridized carbons (Fsp3) is 0.133. The van der Waals surface area contributed by atoms with E-state index < -0.39 is 0 Å². The number of aromatic nitrogens is 2. The van der Waals surface area contributed by atoms with Gasteiger partial charge in [-0.3, -0.25) is 4.57 Å². The van der Waals surface area contributed by atoms with Gasteiger partial charge in [-0.2, -0.15) is 0 Å². The molecule has 4 heteroatoms. The molecule has 0 fully saturated rings. The van der Waals surface area contributed by atoms with E-state index in [9.17, 15) is 0 Å². The molecule has 1 heterocycles. The molecular formula is C15H14ClN3. The molecule has 3 nitrogen and oxygen atoms in total. The Bertz CT molecular complexity index is 754. The summed E-state index contributed by atoms with van der Waals surface area (Å²) in [6.45, 7) is 4.04. The van der Waals surface area contributed by atoms with Crippen LogP contribution in [-0.4, -0.2) is 9.55 Å². The Hall–Kier alpha value is -2.00. The Morgan fingerprint density at radius 1 is 1.05 bits per heavy atom. The van der Waals surface area contributed by atoms with Crippen molar-refractivity contribution in [3.63, 3.8) is 0 Å². The Balaban J connectivity index is 2.44. The lowest BCUT2D eigenvalue weighted by molar-refractivity contribution is 1.09. The second-order valence-electron chi connectivity index (χ2n) is 4.65. The number of nitrogens with two attached hydrogens (primary N) is 1. The van der Waals surface area contributed by atoms with Crippen molar-refractivity contribution in [1.82, 2.24) is 9.55 Å². The molecule has 3 aromatic rings. The maximum atomic E-state index is 6.33. The molecule has 19 heavy (non-hydrogen) atoms. The molecule has 0 saturated carbocycles. The number of anilines is 1. The van der Waals surface area contributed by atoms with Crippen LogP contribution in [0.4, 0.5) is 5.95 Å². The molecule has 96 valence electrons. The second-order valence-corrected chi connectivity index (χ2v) is 5.06. The number of hydrogen-bond acceptors (Lipinski definition) is 2. The van der Waals surface area contributed by atoms with E-state index in [1.807, 2.05) is 54.8 Å². The highest BCUT2D eigenvalue weighted by molar-refractivity contribution is 6.32. The number of nitrogen functional groups attached to an aromatic ring is 1. The highest BCUT2D eigenvalue weighted by Gasteiger charge is 2.15. The molecule has 0 aliphatic rings. The van der Waals surface area contributed by atoms with Gasteiger partial charge in [0.25, 0.3) is 0 Å². The van der Waals surface area contributed by atoms with Crippen molar-refractivity contribution in [2.45, 2.75) is 13.8 Å². The summed E-state index contributed by atoms with van der Waals surface area (Å²) in [5.41, 5.74) is 11.1. The van der Waals surface area contributed by atoms with Crippen LogP contribution < -0.4 is 5.73 Å². The van der Waals surface area contributed by atoms with E-state index in [0.29, 0.717) is 11.0 Å². The molecule has 0 atom stereocenters. The third-order valence-corrected chi connectivity index (χ3v) is 3.63. The summed E-state index contributed by atoms with van der Waals surface area (Å²) >= 11 is 6.33. The van der Waals surface area contributed by atoms with Crippen LogP contribution in [0.2, 0.25) is 5.02 Å². The minimum atomic E-state index is 0.459. The van der Waals surface area contributed by atoms with Gasteiger partial charge < -0.3 is 5.73 Å². The molecule has 0 aliphatic heterocycles. The monoisotopic (exact) mass is 271 g/mol. The molecule has 0 radical (unpaired) electrons. The Kier molecular flexibility index (Phi) is 2.72. The molecule has 0 bridgehead atoms. The number of nitrogens with zero attached hydrogens (tertiary/aromatic N) is 2. The van der Waals surface area contributed by atoms with E-state index in [-0.39, 0.29) is 0 Å². The van der Waals surface area contributed by atoms with Crippen LogP contribution in [0, 0.1) is 13.8 Å². The van der Waals surface area contributed by atoms with Crippen LogP contribution >= 0.6 is 11.6 Å². The van der Waals surface area contributed by atoms with Crippen molar-refractivity contribution < 1.29 is 0 Å². The van der Waals surface area contributed by atoms with Gasteiger partial charge in [0.1, 0.15) is 0 Å². The topological polar surface area (TPSA) is 43.8 Å². The molecule has 2 N–H and O–H groups in total. The van der Waals surface area contributed by atoms with Gasteiger partial charge in [0, 0.05) is 0 Å². The van der Waals surface area contributed by atoms with Gasteiger partial charge in [-0.1, -0.05) is 35.9 Å². The number of imidazole rings is 1. The highest BCUT2D eigenvalue weighted by atomic mass is 35.5. The average molecular weight is 272 g/mol. The third kappa shape index (κ3) is 1.78. The molecule has 0 amide bonds. The van der Waals surface area contributed by atoms with Gasteiger partial charge in [-0.25, -0.2) is 4.98 Å². The molecule has 0 saturated heterocycles. The van der Waals surface area contributed by atoms with Gasteiger partial charge in [-0.15, -0.1) is 0 Å². The first-order valence-electron chi connectivity index (χ1n) is 6.08. The predicted molar refractivity (Wildman–Crippen MR) is 80.0 cm³/mol. The summed E-state index contributed by atoms with van der Waals surface area (Å²) in [5.74, 6) is 0.459. The van der Waals surface area contributed by atoms with Crippen molar-refractivity contribution in [1.29, 1.82) is 0 Å². The molecule has 0 unspecified atom stereocenters. The first-order chi connectivity index (χ1) is 9.09. The largest absolute Gasteiger partial charge is 0.369 e. The van der Waals surface area contributed by atoms with Crippen LogP contribution in [0.15, 0.2) is 36.4 Å². The van der Waals surface area contributed by atoms with Crippen LogP contribution in [0.1, 0.15) is 11.1 Å². The van der Waals surface area contributed by atoms with Crippen LogP contribution in [0.3, 0.4) is 0 Å². The fourth-order valence-electron chi connectivity index (χ4n) is 2.40. The normalized spacial score (nSPS) is 11.1. The Morgan fingerprint density at radius 2 is 1.74 bits per heavy atom. The summed E-state index contributed by atoms with van der Waals surface area (Å²) in [6, 6.07) is 11.9. The highest BCUT2D eigenvalue weighted by Crippen LogP contribution is 2.31. The first-order valence-corrected chi connectivity index (χ1v) is 6.46. The van der Waals surface area contributed by atoms with E-state index in [1.165, 1.54) is 0 Å². The van der Waals surface area contributed by atoms with Crippen molar-refractivity contribution in [3.8, 4) is 5.69 Å². The van der Waals surface area contributed by atoms with E-state index >= 15 is 0 Å². The first kappa shape index (κ1) is 12.1. The minimum Gasteiger partial charge on any atom is -0.369 e. The summed E-state index contributed by atoms with van der Waals surface area (Å²) in [6.07, 6.45) is 0. The number of para-hydroxylation sites is 2. The van der Waals surface area contributed by atoms with Crippen LogP contribution in [-0.2, 0) is 0 Å². The van der Waals surface area contributed by atoms with Crippen molar-refractivity contribution in [3.05, 3.63) is 52.5 Å². The minimum absolute atomic E-state index is 0.459. The van der Waals surface area contributed by atoms with Crippen molar-refractivity contribution >= 4 is 28.6 Å². The quantitative estimate of drug-likeness (QED) is 0.730. The number of fused-ring (bicyclic) bond motifs is 1. The molecule has 3 rings (SSSR count). The maximum absolute atomic E-state index is 6.33. The number of rotatable bonds is 1. The predicted octanol–water partition coefficient (Wildman–Crippen LogP) is 3.88. The average Bonchev–Trinajstić information content (AvgIpc) is 2.68. The molecular weight excluding hydrogens is 258 g/mol. The summed E-state index contributed by atoms with van der Waals surface area (Å²) in [7, 11) is 0. The number of hydrogen-bond donors (Lipinski definition) is 1. The Morgan fingerprint density at radius 3 is 2.47 bits per heavy atom. The molecule has 0 aliphatic carbocycles. The van der Waals surface area contributed by atoms with E-state index in [2.05, 4.69) is 4.98 Å². The lowest BCUT2D eigenvalue weighted by atomic mass is 10.1. The van der Waals surface area contributed by atoms with E-state index in [1.54, 1.807) is 0 Å². The lowest BCUT2D eigenvalue weighted by Crippen LogP contribution is -2.03. The molecule has 2 aromatic carbocycles. The molecule has 0 spiro atoms. The van der Waals surface area contributed by atoms with E-state index in [4.69, 9.17) is 17.3 Å². The van der Waals surface area contributed by atoms with Gasteiger partial charge in [0.05, 0.1) is 21.7 Å². The lowest BCUT2D eigenvalue weighted by Gasteiger charge is -2.12. The number of benzene rings is 2. The van der Waals surface area contributed by atoms with Crippen molar-refractivity contribution in [2.24, 2.45) is 0 Å². The number of aryl methyl sites for hydroxylation is 2. The summed E-state index contributed by atoms with van der Waals surface area (Å²) in [5, 5.41) is 0.674. The standard InChI is InChI=1S/C15H14ClN3/c1-9-5-4-8-12-13(9)18-15(17)19(12)14-10(2)6-3-7-11(14)16/h3-8H,1-2H3,(H2,17,18). The zero-order chi connectivity index (χ0) is 13.6. The van der Waals surface area contributed by atoms with Crippen LogP contribution in [0.25, 0.3) is 16.7 Å². The SMILES string of the molecule is Cc1cccc(Cl)c1-n1c(N)nc2c(C)cccc21. The zero-order valence-electron chi connectivity index (χ0n) is 10.8. The summed E-state index contributed by atoms with van der Waals surface area (Å²) < 4.78 is 1.92. The van der Waals surface area contributed by atoms with Gasteiger partial charge in [0.15, 0.2) is 0 Å². The van der Waals surface area contributed by atoms with Gasteiger partial charge >= 0.3 is 0 Å². The van der Waals surface area contributed by atoms with Crippen LogP contribution in [0.5, 0.6) is 0 Å². The zero-order valence-corrected chi connectivity index (χ0v) is 11.6. The van der Waals surface area contributed by atoms with Crippen molar-refractivity contribution in [2.75, 3.05) is 5.73 Å². The van der Waals surface area contributed by atoms with Gasteiger partial charge in [0.2, 0.25) is 5.95 Å². The second kappa shape index (κ2) is 4.28. The third-order valence-electron chi connectivity index (χ3n) is 3.32. The molecule has 1 aromatic heterocycles. The van der Waals surface area contributed by atoms with Gasteiger partial charge in [-0.05, 0) is 37.1 Å². The maximum Gasteiger partial charge on any atom is 0.206 e. The fourth-order valence-corrected chi connectivity index (χ4v) is 2.70. The smallest absolute Gasteiger partial charge is 0.206 e. The Labute approximate surface area is 116 Å².